The van der Waals surface area contributed by atoms with Gasteiger partial charge in [-0.1, -0.05) is 30.3 Å². The number of rotatable bonds is 3. The largest absolute Gasteiger partial charge is 0.487 e. The number of hydrogen-bond acceptors (Lipinski definition) is 5. The molecule has 3 heterocycles. The van der Waals surface area contributed by atoms with Crippen LogP contribution in [-0.2, 0) is 6.42 Å². The molecule has 2 aliphatic rings. The topological polar surface area (TPSA) is 74.6 Å². The number of fused-ring (bicyclic) bond motifs is 2. The number of carbonyl (C=O) groups excluding carboxylic acids is 1. The minimum atomic E-state index is -0.973. The van der Waals surface area contributed by atoms with Crippen LogP contribution in [0.25, 0.3) is 22.4 Å². The van der Waals surface area contributed by atoms with Crippen molar-refractivity contribution in [2.45, 2.75) is 45.5 Å². The van der Waals surface area contributed by atoms with Crippen LogP contribution < -0.4 is 19.5 Å². The summed E-state index contributed by atoms with van der Waals surface area (Å²) in [7, 11) is 0. The Balaban J connectivity index is 1.37. The molecule has 0 aliphatic carbocycles. The summed E-state index contributed by atoms with van der Waals surface area (Å²) in [5.74, 6) is -0.347. The quantitative estimate of drug-likeness (QED) is 0.341. The molecule has 0 spiro atoms. The number of nitrogens with zero attached hydrogens (tertiary/aromatic N) is 2. The number of benzene rings is 3. The molecule has 0 fully saturated rings. The molecule has 4 aromatic rings. The average Bonchev–Trinajstić information content (AvgIpc) is 3.50. The fraction of sp³-hybridized carbons (Fsp3) is 0.241. The lowest BCUT2D eigenvalue weighted by Crippen LogP contribution is -2.29. The molecule has 8 heteroatoms. The van der Waals surface area contributed by atoms with Gasteiger partial charge in [-0.05, 0) is 49.7 Å². The molecule has 1 N–H and O–H groups in total. The van der Waals surface area contributed by atoms with Gasteiger partial charge in [0.1, 0.15) is 17.0 Å². The Bertz CT molecular complexity index is 1540. The SMILES string of the molecule is CC1(C)Cc2cc(NC(=O)n3cc(-c4ccccc4)c(-c4cc(F)c5c(c4)OC(C)(C)O5)n3)ccc2O1. The first-order chi connectivity index (χ1) is 17.6. The lowest BCUT2D eigenvalue weighted by Gasteiger charge is -2.16. The zero-order valence-electron chi connectivity index (χ0n) is 21.0. The summed E-state index contributed by atoms with van der Waals surface area (Å²) in [6.45, 7) is 7.49. The summed E-state index contributed by atoms with van der Waals surface area (Å²) in [4.78, 5) is 13.2. The Morgan fingerprint density at radius 3 is 2.51 bits per heavy atom. The average molecular weight is 500 g/mol. The fourth-order valence-electron chi connectivity index (χ4n) is 4.80. The number of hydrogen-bond donors (Lipinski definition) is 1. The molecule has 1 amide bonds. The van der Waals surface area contributed by atoms with Gasteiger partial charge in [-0.2, -0.15) is 9.78 Å². The molecule has 188 valence electrons. The number of ether oxygens (including phenoxy) is 3. The molecule has 0 atom stereocenters. The first-order valence-corrected chi connectivity index (χ1v) is 12.1. The maximum absolute atomic E-state index is 15.0. The maximum atomic E-state index is 15.0. The van der Waals surface area contributed by atoms with Gasteiger partial charge in [-0.25, -0.2) is 9.18 Å². The minimum Gasteiger partial charge on any atom is -0.487 e. The van der Waals surface area contributed by atoms with E-state index in [-0.39, 0.29) is 11.4 Å². The lowest BCUT2D eigenvalue weighted by atomic mass is 10.0. The summed E-state index contributed by atoms with van der Waals surface area (Å²) in [5.41, 5.74) is 3.83. The van der Waals surface area contributed by atoms with Gasteiger partial charge in [-0.3, -0.25) is 0 Å². The summed E-state index contributed by atoms with van der Waals surface area (Å²) < 4.78 is 33.5. The van der Waals surface area contributed by atoms with Gasteiger partial charge in [0.25, 0.3) is 0 Å². The monoisotopic (exact) mass is 499 g/mol. The second-order valence-corrected chi connectivity index (χ2v) is 10.4. The van der Waals surface area contributed by atoms with E-state index in [0.29, 0.717) is 28.3 Å². The van der Waals surface area contributed by atoms with Crippen molar-refractivity contribution in [1.82, 2.24) is 9.78 Å². The second kappa shape index (κ2) is 8.09. The van der Waals surface area contributed by atoms with Crippen LogP contribution in [0.2, 0.25) is 0 Å². The zero-order valence-corrected chi connectivity index (χ0v) is 21.0. The first-order valence-electron chi connectivity index (χ1n) is 12.1. The summed E-state index contributed by atoms with van der Waals surface area (Å²) >= 11 is 0. The Morgan fingerprint density at radius 2 is 1.73 bits per heavy atom. The third-order valence-corrected chi connectivity index (χ3v) is 6.31. The molecule has 1 aromatic heterocycles. The van der Waals surface area contributed by atoms with Gasteiger partial charge >= 0.3 is 6.03 Å². The van der Waals surface area contributed by atoms with Crippen LogP contribution in [0.1, 0.15) is 33.3 Å². The zero-order chi connectivity index (χ0) is 25.9. The molecule has 0 radical (unpaired) electrons. The number of nitrogens with one attached hydrogen (secondary N) is 1. The van der Waals surface area contributed by atoms with Crippen molar-refractivity contribution in [1.29, 1.82) is 0 Å². The highest BCUT2D eigenvalue weighted by molar-refractivity contribution is 5.93. The van der Waals surface area contributed by atoms with Gasteiger partial charge in [0.15, 0.2) is 11.6 Å². The third-order valence-electron chi connectivity index (χ3n) is 6.31. The number of aromatic nitrogens is 2. The van der Waals surface area contributed by atoms with Gasteiger partial charge < -0.3 is 19.5 Å². The molecule has 0 bridgehead atoms. The Labute approximate surface area is 213 Å². The highest BCUT2D eigenvalue weighted by Crippen LogP contribution is 2.45. The molecule has 37 heavy (non-hydrogen) atoms. The molecule has 0 unspecified atom stereocenters. The highest BCUT2D eigenvalue weighted by Gasteiger charge is 2.35. The van der Waals surface area contributed by atoms with E-state index >= 15 is 4.39 Å². The van der Waals surface area contributed by atoms with Crippen LogP contribution in [0.3, 0.4) is 0 Å². The third kappa shape index (κ3) is 4.28. The van der Waals surface area contributed by atoms with Crippen molar-refractivity contribution in [2.75, 3.05) is 5.32 Å². The van der Waals surface area contributed by atoms with Crippen molar-refractivity contribution in [3.63, 3.8) is 0 Å². The Kier molecular flexibility index (Phi) is 5.05. The van der Waals surface area contributed by atoms with Crippen molar-refractivity contribution >= 4 is 11.7 Å². The molecule has 0 saturated heterocycles. The van der Waals surface area contributed by atoms with E-state index in [1.54, 1.807) is 32.2 Å². The summed E-state index contributed by atoms with van der Waals surface area (Å²) in [6, 6.07) is 17.7. The summed E-state index contributed by atoms with van der Waals surface area (Å²) in [5, 5.41) is 7.48. The fourth-order valence-corrected chi connectivity index (χ4v) is 4.80. The van der Waals surface area contributed by atoms with E-state index in [1.807, 2.05) is 56.3 Å². The smallest absolute Gasteiger partial charge is 0.346 e. The van der Waals surface area contributed by atoms with E-state index in [2.05, 4.69) is 10.4 Å². The molecule has 6 rings (SSSR count). The van der Waals surface area contributed by atoms with Crippen molar-refractivity contribution in [3.8, 4) is 39.6 Å². The number of halogens is 1. The van der Waals surface area contributed by atoms with Crippen LogP contribution in [0.4, 0.5) is 14.9 Å². The van der Waals surface area contributed by atoms with Crippen LogP contribution in [-0.4, -0.2) is 27.2 Å². The molecular weight excluding hydrogens is 473 g/mol. The van der Waals surface area contributed by atoms with Crippen molar-refractivity contribution in [2.24, 2.45) is 0 Å². The first kappa shape index (κ1) is 23.1. The molecular formula is C29H26FN3O4. The van der Waals surface area contributed by atoms with Crippen molar-refractivity contribution in [3.05, 3.63) is 78.2 Å². The molecule has 2 aliphatic heterocycles. The van der Waals surface area contributed by atoms with Gasteiger partial charge in [0.05, 0.1) is 0 Å². The normalized spacial score (nSPS) is 16.2. The van der Waals surface area contributed by atoms with E-state index in [0.717, 1.165) is 23.3 Å². The maximum Gasteiger partial charge on any atom is 0.346 e. The van der Waals surface area contributed by atoms with Crippen LogP contribution >= 0.6 is 0 Å². The Morgan fingerprint density at radius 1 is 0.946 bits per heavy atom. The number of amides is 1. The van der Waals surface area contributed by atoms with Crippen LogP contribution in [0.15, 0.2) is 66.9 Å². The Hall–Kier alpha value is -4.33. The lowest BCUT2D eigenvalue weighted by molar-refractivity contribution is -0.0444. The van der Waals surface area contributed by atoms with E-state index in [1.165, 1.54) is 10.7 Å². The van der Waals surface area contributed by atoms with Gasteiger partial charge in [-0.15, -0.1) is 0 Å². The standard InChI is InChI=1S/C29H26FN3O4/c1-28(2)15-19-12-20(10-11-23(19)35-28)31-27(34)33-16-21(17-8-6-5-7-9-17)25(32-33)18-13-22(30)26-24(14-18)36-29(3,4)37-26/h5-14,16H,15H2,1-4H3,(H,31,34). The molecule has 3 aromatic carbocycles. The molecule has 7 nitrogen and oxygen atoms in total. The predicted octanol–water partition coefficient (Wildman–Crippen LogP) is 6.66. The van der Waals surface area contributed by atoms with Gasteiger partial charge in [0, 0.05) is 48.8 Å². The van der Waals surface area contributed by atoms with E-state index in [4.69, 9.17) is 14.2 Å². The van der Waals surface area contributed by atoms with Crippen molar-refractivity contribution < 1.29 is 23.4 Å². The minimum absolute atomic E-state index is 0.0657. The predicted molar refractivity (Wildman–Crippen MR) is 138 cm³/mol. The second-order valence-electron chi connectivity index (χ2n) is 10.4. The highest BCUT2D eigenvalue weighted by atomic mass is 19.1. The number of carbonyl (C=O) groups is 1. The van der Waals surface area contributed by atoms with Gasteiger partial charge in [0.2, 0.25) is 11.5 Å². The van der Waals surface area contributed by atoms with E-state index in [9.17, 15) is 4.79 Å². The summed E-state index contributed by atoms with van der Waals surface area (Å²) in [6.07, 6.45) is 2.40. The number of anilines is 1. The van der Waals surface area contributed by atoms with Crippen LogP contribution in [0.5, 0.6) is 17.2 Å². The van der Waals surface area contributed by atoms with E-state index < -0.39 is 17.6 Å². The molecule has 0 saturated carbocycles. The van der Waals surface area contributed by atoms with Crippen LogP contribution in [0, 0.1) is 5.82 Å².